The Morgan fingerprint density at radius 1 is 1.19 bits per heavy atom. The highest BCUT2D eigenvalue weighted by Gasteiger charge is 2.25. The monoisotopic (exact) mass is 380 g/mol. The number of rotatable bonds is 3. The summed E-state index contributed by atoms with van der Waals surface area (Å²) in [5.74, 6) is -2.20. The Labute approximate surface area is 158 Å². The van der Waals surface area contributed by atoms with Crippen LogP contribution in [0, 0.1) is 17.6 Å². The molecule has 7 heteroatoms. The number of carbonyl (C=O) groups excluding carboxylic acids is 2. The van der Waals surface area contributed by atoms with Crippen molar-refractivity contribution < 1.29 is 23.1 Å². The van der Waals surface area contributed by atoms with Gasteiger partial charge in [-0.25, -0.2) is 13.6 Å². The van der Waals surface area contributed by atoms with E-state index in [9.17, 15) is 18.4 Å². The summed E-state index contributed by atoms with van der Waals surface area (Å²) >= 11 is 0. The zero-order chi connectivity index (χ0) is 20.4. The van der Waals surface area contributed by atoms with Crippen molar-refractivity contribution in [1.82, 2.24) is 4.90 Å². The summed E-state index contributed by atoms with van der Waals surface area (Å²) < 4.78 is 33.6. The molecule has 0 unspecified atom stereocenters. The Balaban J connectivity index is 2.19. The highest BCUT2D eigenvalue weighted by atomic mass is 19.1. The molecule has 0 spiro atoms. The molecule has 1 aromatic rings. The first-order valence-electron chi connectivity index (χ1n) is 8.95. The SMILES string of the molecule is CC(C)C(=O)Nc1cc(C2=CCN(C(=O)OC(C)(C)C)CC2)c(F)cc1F. The second-order valence-corrected chi connectivity index (χ2v) is 7.86. The number of ether oxygens (including phenoxy) is 1. The predicted molar refractivity (Wildman–Crippen MR) is 100 cm³/mol. The number of nitrogens with one attached hydrogen (secondary N) is 1. The van der Waals surface area contributed by atoms with Crippen molar-refractivity contribution in [2.24, 2.45) is 5.92 Å². The van der Waals surface area contributed by atoms with Gasteiger partial charge in [-0.05, 0) is 38.8 Å². The highest BCUT2D eigenvalue weighted by Crippen LogP contribution is 2.29. The van der Waals surface area contributed by atoms with Gasteiger partial charge >= 0.3 is 6.09 Å². The van der Waals surface area contributed by atoms with Gasteiger partial charge in [-0.2, -0.15) is 0 Å². The molecule has 1 heterocycles. The average Bonchev–Trinajstić information content (AvgIpc) is 2.55. The summed E-state index contributed by atoms with van der Waals surface area (Å²) in [6, 6.07) is 2.08. The first-order valence-corrected chi connectivity index (χ1v) is 8.95. The normalized spacial score (nSPS) is 14.8. The zero-order valence-corrected chi connectivity index (χ0v) is 16.4. The minimum atomic E-state index is -0.822. The minimum absolute atomic E-state index is 0.0550. The second-order valence-electron chi connectivity index (χ2n) is 7.86. The van der Waals surface area contributed by atoms with E-state index in [1.54, 1.807) is 40.7 Å². The lowest BCUT2D eigenvalue weighted by molar-refractivity contribution is -0.118. The van der Waals surface area contributed by atoms with Crippen molar-refractivity contribution in [1.29, 1.82) is 0 Å². The Bertz CT molecular complexity index is 767. The van der Waals surface area contributed by atoms with Gasteiger partial charge in [0.25, 0.3) is 0 Å². The van der Waals surface area contributed by atoms with Crippen LogP contribution in [0.5, 0.6) is 0 Å². The molecule has 27 heavy (non-hydrogen) atoms. The summed E-state index contributed by atoms with van der Waals surface area (Å²) in [6.45, 7) is 9.38. The van der Waals surface area contributed by atoms with Crippen molar-refractivity contribution >= 4 is 23.3 Å². The first-order chi connectivity index (χ1) is 12.5. The topological polar surface area (TPSA) is 58.6 Å². The summed E-state index contributed by atoms with van der Waals surface area (Å²) in [4.78, 5) is 25.5. The Morgan fingerprint density at radius 2 is 1.85 bits per heavy atom. The number of benzene rings is 1. The lowest BCUT2D eigenvalue weighted by Crippen LogP contribution is -2.39. The minimum Gasteiger partial charge on any atom is -0.444 e. The molecule has 1 aliphatic heterocycles. The summed E-state index contributed by atoms with van der Waals surface area (Å²) in [5, 5.41) is 2.48. The zero-order valence-electron chi connectivity index (χ0n) is 16.4. The fourth-order valence-corrected chi connectivity index (χ4v) is 2.57. The van der Waals surface area contributed by atoms with Gasteiger partial charge < -0.3 is 15.0 Å². The number of anilines is 1. The second kappa shape index (κ2) is 8.06. The largest absolute Gasteiger partial charge is 0.444 e. The van der Waals surface area contributed by atoms with Crippen LogP contribution in [-0.4, -0.2) is 35.6 Å². The maximum absolute atomic E-state index is 14.3. The van der Waals surface area contributed by atoms with E-state index in [2.05, 4.69) is 5.32 Å². The molecule has 0 fully saturated rings. The van der Waals surface area contributed by atoms with Crippen molar-refractivity contribution in [3.05, 3.63) is 35.4 Å². The van der Waals surface area contributed by atoms with E-state index in [4.69, 9.17) is 4.74 Å². The van der Waals surface area contributed by atoms with Crippen LogP contribution in [0.3, 0.4) is 0 Å². The van der Waals surface area contributed by atoms with Gasteiger partial charge in [-0.3, -0.25) is 4.79 Å². The van der Waals surface area contributed by atoms with Gasteiger partial charge in [0.1, 0.15) is 17.2 Å². The molecule has 0 aromatic heterocycles. The molecule has 0 atom stereocenters. The fourth-order valence-electron chi connectivity index (χ4n) is 2.57. The number of hydrogen-bond acceptors (Lipinski definition) is 3. The summed E-state index contributed by atoms with van der Waals surface area (Å²) in [6.07, 6.45) is 1.69. The molecule has 0 bridgehead atoms. The standard InChI is InChI=1S/C20H26F2N2O3/c1-12(2)18(25)23-17-10-14(15(21)11-16(17)22)13-6-8-24(9-7-13)19(26)27-20(3,4)5/h6,10-12H,7-9H2,1-5H3,(H,23,25). The van der Waals surface area contributed by atoms with Crippen LogP contribution >= 0.6 is 0 Å². The molecule has 5 nitrogen and oxygen atoms in total. The van der Waals surface area contributed by atoms with E-state index in [1.165, 1.54) is 11.0 Å². The maximum atomic E-state index is 14.3. The van der Waals surface area contributed by atoms with Crippen LogP contribution < -0.4 is 5.32 Å². The van der Waals surface area contributed by atoms with E-state index in [0.717, 1.165) is 6.07 Å². The third kappa shape index (κ3) is 5.52. The van der Waals surface area contributed by atoms with E-state index in [0.29, 0.717) is 18.5 Å². The van der Waals surface area contributed by atoms with Gasteiger partial charge in [-0.15, -0.1) is 0 Å². The van der Waals surface area contributed by atoms with E-state index in [1.807, 2.05) is 0 Å². The van der Waals surface area contributed by atoms with Crippen molar-refractivity contribution in [3.8, 4) is 0 Å². The van der Waals surface area contributed by atoms with Crippen molar-refractivity contribution in [2.75, 3.05) is 18.4 Å². The Hall–Kier alpha value is -2.44. The number of nitrogens with zero attached hydrogens (tertiary/aromatic N) is 1. The Kier molecular flexibility index (Phi) is 6.23. The van der Waals surface area contributed by atoms with Crippen molar-refractivity contribution in [2.45, 2.75) is 46.6 Å². The number of halogens is 2. The summed E-state index contributed by atoms with van der Waals surface area (Å²) in [7, 11) is 0. The van der Waals surface area contributed by atoms with Crippen LogP contribution in [0.2, 0.25) is 0 Å². The number of amides is 2. The number of carbonyl (C=O) groups is 2. The van der Waals surface area contributed by atoms with E-state index < -0.39 is 23.3 Å². The average molecular weight is 380 g/mol. The van der Waals surface area contributed by atoms with Gasteiger partial charge in [0.15, 0.2) is 0 Å². The lowest BCUT2D eigenvalue weighted by Gasteiger charge is -2.29. The molecule has 148 valence electrons. The molecule has 0 saturated heterocycles. The first kappa shape index (κ1) is 20.9. The molecular formula is C20H26F2N2O3. The fraction of sp³-hybridized carbons (Fsp3) is 0.500. The molecule has 0 saturated carbocycles. The molecule has 2 rings (SSSR count). The Morgan fingerprint density at radius 3 is 2.37 bits per heavy atom. The van der Waals surface area contributed by atoms with Crippen LogP contribution in [0.4, 0.5) is 19.3 Å². The van der Waals surface area contributed by atoms with Gasteiger partial charge in [0, 0.05) is 30.6 Å². The third-order valence-electron chi connectivity index (χ3n) is 4.05. The van der Waals surface area contributed by atoms with Crippen molar-refractivity contribution in [3.63, 3.8) is 0 Å². The molecule has 1 N–H and O–H groups in total. The van der Waals surface area contributed by atoms with Gasteiger partial charge in [0.05, 0.1) is 5.69 Å². The molecule has 1 aliphatic rings. The van der Waals surface area contributed by atoms with Crippen LogP contribution in [0.25, 0.3) is 5.57 Å². The molecule has 0 aliphatic carbocycles. The van der Waals surface area contributed by atoms with Crippen LogP contribution in [-0.2, 0) is 9.53 Å². The quantitative estimate of drug-likeness (QED) is 0.835. The number of hydrogen-bond donors (Lipinski definition) is 1. The predicted octanol–water partition coefficient (Wildman–Crippen LogP) is 4.58. The van der Waals surface area contributed by atoms with E-state index >= 15 is 0 Å². The molecule has 0 radical (unpaired) electrons. The highest BCUT2D eigenvalue weighted by molar-refractivity contribution is 5.92. The van der Waals surface area contributed by atoms with E-state index in [-0.39, 0.29) is 29.6 Å². The maximum Gasteiger partial charge on any atom is 0.410 e. The molecule has 1 aromatic carbocycles. The third-order valence-corrected chi connectivity index (χ3v) is 4.05. The van der Waals surface area contributed by atoms with Crippen LogP contribution in [0.1, 0.15) is 46.6 Å². The van der Waals surface area contributed by atoms with Gasteiger partial charge in [-0.1, -0.05) is 19.9 Å². The van der Waals surface area contributed by atoms with Crippen LogP contribution in [0.15, 0.2) is 18.2 Å². The summed E-state index contributed by atoms with van der Waals surface area (Å²) in [5.41, 5.74) is 0.237. The van der Waals surface area contributed by atoms with Gasteiger partial charge in [0.2, 0.25) is 5.91 Å². The molecule has 2 amide bonds. The smallest absolute Gasteiger partial charge is 0.410 e. The lowest BCUT2D eigenvalue weighted by atomic mass is 9.98. The molecular weight excluding hydrogens is 354 g/mol.